The molecule has 1 saturated heterocycles. The minimum Gasteiger partial charge on any atom is -0.352 e. The first-order valence-electron chi connectivity index (χ1n) is 8.29. The van der Waals surface area contributed by atoms with Crippen LogP contribution in [0.15, 0.2) is 11.2 Å². The summed E-state index contributed by atoms with van der Waals surface area (Å²) in [5.41, 5.74) is -1.01. The molecule has 1 aliphatic rings. The van der Waals surface area contributed by atoms with Gasteiger partial charge in [-0.3, -0.25) is 14.6 Å². The van der Waals surface area contributed by atoms with Crippen molar-refractivity contribution >= 4 is 29.9 Å². The molecule has 0 amide bonds. The summed E-state index contributed by atoms with van der Waals surface area (Å²) in [6, 6.07) is -1.54. The van der Waals surface area contributed by atoms with Crippen LogP contribution in [-0.4, -0.2) is 71.0 Å². The lowest BCUT2D eigenvalue weighted by molar-refractivity contribution is -0.181. The summed E-state index contributed by atoms with van der Waals surface area (Å²) >= 11 is 0. The zero-order valence-corrected chi connectivity index (χ0v) is 17.9. The smallest absolute Gasteiger partial charge is 0.352 e. The molecule has 1 unspecified atom stereocenters. The summed E-state index contributed by atoms with van der Waals surface area (Å²) in [4.78, 5) is 7.08. The second-order valence-electron chi connectivity index (χ2n) is 6.32. The lowest BCUT2D eigenvalue weighted by Crippen LogP contribution is -2.56. The Balaban J connectivity index is 0.00000392. The first kappa shape index (κ1) is 24.8. The Morgan fingerprint density at radius 3 is 2.21 bits per heavy atom. The zero-order chi connectivity index (χ0) is 20.4. The fraction of sp³-hybridized carbons (Fsp3) is 0.733. The summed E-state index contributed by atoms with van der Waals surface area (Å²) in [6.07, 6.45) is -7.59. The number of guanidine groups is 1. The molecule has 28 heavy (non-hydrogen) atoms. The Morgan fingerprint density at radius 2 is 1.75 bits per heavy atom. The standard InChI is InChI=1S/C15H22F6N6.HI/c1-10(14(16,17)18)26-4-6-27(7-5-26)13(22-2)23-8-11-9-25(3)24-12(11)15(19,20)21;/h9-10H,4-8H2,1-3H3,(H,22,23);1H. The topological polar surface area (TPSA) is 48.7 Å². The Labute approximate surface area is 176 Å². The molecule has 1 fully saturated rings. The molecule has 2 heterocycles. The molecule has 0 saturated carbocycles. The molecular formula is C15H23F6IN6. The van der Waals surface area contributed by atoms with E-state index in [0.717, 1.165) is 11.6 Å². The van der Waals surface area contributed by atoms with Gasteiger partial charge in [0.15, 0.2) is 11.7 Å². The van der Waals surface area contributed by atoms with E-state index in [9.17, 15) is 26.3 Å². The van der Waals surface area contributed by atoms with Crippen molar-refractivity contribution in [2.24, 2.45) is 12.0 Å². The summed E-state index contributed by atoms with van der Waals surface area (Å²) in [7, 11) is 2.87. The fourth-order valence-electron chi connectivity index (χ4n) is 2.94. The molecular weight excluding hydrogens is 505 g/mol. The number of hydrogen-bond donors (Lipinski definition) is 1. The molecule has 6 nitrogen and oxygen atoms in total. The summed E-state index contributed by atoms with van der Waals surface area (Å²) in [5, 5.41) is 6.27. The second-order valence-corrected chi connectivity index (χ2v) is 6.32. The van der Waals surface area contributed by atoms with Gasteiger partial charge in [0, 0.05) is 58.6 Å². The molecule has 0 aliphatic carbocycles. The number of aryl methyl sites for hydroxylation is 1. The van der Waals surface area contributed by atoms with Gasteiger partial charge in [0.25, 0.3) is 0 Å². The normalized spacial score (nSPS) is 18.0. The molecule has 13 heteroatoms. The third-order valence-corrected chi connectivity index (χ3v) is 4.46. The van der Waals surface area contributed by atoms with Crippen molar-refractivity contribution in [3.05, 3.63) is 17.5 Å². The van der Waals surface area contributed by atoms with Crippen molar-refractivity contribution in [3.8, 4) is 0 Å². The van der Waals surface area contributed by atoms with Crippen LogP contribution >= 0.6 is 24.0 Å². The maximum absolute atomic E-state index is 13.0. The van der Waals surface area contributed by atoms with Crippen LogP contribution in [0, 0.1) is 0 Å². The lowest BCUT2D eigenvalue weighted by Gasteiger charge is -2.39. The number of nitrogens with one attached hydrogen (secondary N) is 1. The van der Waals surface area contributed by atoms with E-state index < -0.39 is 24.1 Å². The van der Waals surface area contributed by atoms with Gasteiger partial charge in [-0.1, -0.05) is 0 Å². The number of nitrogens with zero attached hydrogens (tertiary/aromatic N) is 5. The molecule has 0 spiro atoms. The highest BCUT2D eigenvalue weighted by atomic mass is 127. The predicted molar refractivity (Wildman–Crippen MR) is 102 cm³/mol. The second kappa shape index (κ2) is 9.50. The molecule has 162 valence electrons. The number of halogens is 7. The maximum Gasteiger partial charge on any atom is 0.435 e. The van der Waals surface area contributed by atoms with E-state index >= 15 is 0 Å². The molecule has 2 rings (SSSR count). The molecule has 1 atom stereocenters. The van der Waals surface area contributed by atoms with E-state index in [4.69, 9.17) is 0 Å². The number of rotatable bonds is 3. The van der Waals surface area contributed by atoms with E-state index in [0.29, 0.717) is 19.0 Å². The minimum absolute atomic E-state index is 0. The summed E-state index contributed by atoms with van der Waals surface area (Å²) in [6.45, 7) is 1.92. The van der Waals surface area contributed by atoms with Crippen LogP contribution in [0.25, 0.3) is 0 Å². The van der Waals surface area contributed by atoms with Crippen LogP contribution in [0.1, 0.15) is 18.2 Å². The lowest BCUT2D eigenvalue weighted by atomic mass is 10.2. The Hall–Kier alpha value is -1.25. The SMILES string of the molecule is CN=C(NCc1cn(C)nc1C(F)(F)F)N1CCN(C(C)C(F)(F)F)CC1.I. The monoisotopic (exact) mass is 528 g/mol. The highest BCUT2D eigenvalue weighted by molar-refractivity contribution is 14.0. The van der Waals surface area contributed by atoms with Crippen molar-refractivity contribution in [2.75, 3.05) is 33.2 Å². The van der Waals surface area contributed by atoms with Crippen molar-refractivity contribution in [3.63, 3.8) is 0 Å². The zero-order valence-electron chi connectivity index (χ0n) is 15.6. The van der Waals surface area contributed by atoms with Gasteiger partial charge in [0.05, 0.1) is 0 Å². The average Bonchev–Trinajstić information content (AvgIpc) is 2.95. The number of piperazine rings is 1. The maximum atomic E-state index is 13.0. The van der Waals surface area contributed by atoms with Gasteiger partial charge in [-0.15, -0.1) is 24.0 Å². The van der Waals surface area contributed by atoms with Gasteiger partial charge in [0.1, 0.15) is 6.04 Å². The van der Waals surface area contributed by atoms with E-state index in [1.54, 1.807) is 4.90 Å². The van der Waals surface area contributed by atoms with Gasteiger partial charge in [0.2, 0.25) is 0 Å². The van der Waals surface area contributed by atoms with Crippen LogP contribution in [0.4, 0.5) is 26.3 Å². The number of hydrogen-bond acceptors (Lipinski definition) is 3. The van der Waals surface area contributed by atoms with E-state index in [1.807, 2.05) is 0 Å². The van der Waals surface area contributed by atoms with Crippen LogP contribution in [-0.2, 0) is 19.8 Å². The average molecular weight is 528 g/mol. The van der Waals surface area contributed by atoms with Crippen LogP contribution in [0.5, 0.6) is 0 Å². The molecule has 0 radical (unpaired) electrons. The Kier molecular flexibility index (Phi) is 8.41. The van der Waals surface area contributed by atoms with Crippen molar-refractivity contribution in [1.82, 2.24) is 24.9 Å². The minimum atomic E-state index is -4.57. The first-order valence-corrected chi connectivity index (χ1v) is 8.29. The quantitative estimate of drug-likeness (QED) is 0.284. The third kappa shape index (κ3) is 6.12. The predicted octanol–water partition coefficient (Wildman–Crippen LogP) is 2.70. The van der Waals surface area contributed by atoms with Crippen molar-refractivity contribution in [2.45, 2.75) is 31.9 Å². The number of alkyl halides is 6. The van der Waals surface area contributed by atoms with Crippen LogP contribution < -0.4 is 5.32 Å². The number of aromatic nitrogens is 2. The summed E-state index contributed by atoms with van der Waals surface area (Å²) in [5.74, 6) is 0.339. The molecule has 1 aromatic heterocycles. The highest BCUT2D eigenvalue weighted by Gasteiger charge is 2.41. The fourth-order valence-corrected chi connectivity index (χ4v) is 2.94. The largest absolute Gasteiger partial charge is 0.435 e. The van der Waals surface area contributed by atoms with Gasteiger partial charge in [-0.05, 0) is 6.92 Å². The summed E-state index contributed by atoms with van der Waals surface area (Å²) < 4.78 is 78.5. The van der Waals surface area contributed by atoms with Crippen molar-refractivity contribution in [1.29, 1.82) is 0 Å². The molecule has 1 N–H and O–H groups in total. The van der Waals surface area contributed by atoms with Crippen LogP contribution in [0.2, 0.25) is 0 Å². The molecule has 1 aliphatic heterocycles. The van der Waals surface area contributed by atoms with Crippen LogP contribution in [0.3, 0.4) is 0 Å². The van der Waals surface area contributed by atoms with Crippen molar-refractivity contribution < 1.29 is 26.3 Å². The first-order chi connectivity index (χ1) is 12.4. The van der Waals surface area contributed by atoms with E-state index in [2.05, 4.69) is 15.4 Å². The van der Waals surface area contributed by atoms with E-state index in [-0.39, 0.29) is 49.2 Å². The number of aliphatic imine (C=N–C) groups is 1. The molecule has 1 aromatic rings. The molecule has 0 bridgehead atoms. The van der Waals surface area contributed by atoms with Gasteiger partial charge >= 0.3 is 12.4 Å². The van der Waals surface area contributed by atoms with Gasteiger partial charge in [-0.25, -0.2) is 0 Å². The van der Waals surface area contributed by atoms with Gasteiger partial charge < -0.3 is 10.2 Å². The van der Waals surface area contributed by atoms with Gasteiger partial charge in [-0.2, -0.15) is 31.4 Å². The Morgan fingerprint density at radius 1 is 1.18 bits per heavy atom. The van der Waals surface area contributed by atoms with E-state index in [1.165, 1.54) is 25.2 Å². The Bertz CT molecular complexity index is 663. The highest BCUT2D eigenvalue weighted by Crippen LogP contribution is 2.30. The molecule has 0 aromatic carbocycles. The third-order valence-electron chi connectivity index (χ3n) is 4.46.